The van der Waals surface area contributed by atoms with Crippen molar-refractivity contribution in [3.05, 3.63) is 29.8 Å². The molecule has 0 aromatic heterocycles. The normalized spacial score (nSPS) is 10.7. The first kappa shape index (κ1) is 28.6. The highest BCUT2D eigenvalue weighted by atomic mass is 32.2. The number of carboxylic acid groups (broad SMARTS) is 3. The number of aliphatic carboxylic acids is 3. The number of unbranched alkanes of at least 4 members (excludes halogenated alkanes) is 1. The van der Waals surface area contributed by atoms with E-state index >= 15 is 0 Å². The fraction of sp³-hybridized carbons (Fsp3) is 0.421. The zero-order chi connectivity index (χ0) is 24.5. The molecule has 32 heavy (non-hydrogen) atoms. The predicted molar refractivity (Wildman–Crippen MR) is 113 cm³/mol. The Labute approximate surface area is 188 Å². The van der Waals surface area contributed by atoms with E-state index < -0.39 is 42.9 Å². The molecular weight excluding hydrogens is 449 g/mol. The summed E-state index contributed by atoms with van der Waals surface area (Å²) in [5.74, 6) is -3.96. The summed E-state index contributed by atoms with van der Waals surface area (Å²) >= 11 is 0.179. The summed E-state index contributed by atoms with van der Waals surface area (Å²) < 4.78 is 12.1. The van der Waals surface area contributed by atoms with Crippen LogP contribution in [-0.4, -0.2) is 64.3 Å². The maximum atomic E-state index is 12.1. The van der Waals surface area contributed by atoms with Gasteiger partial charge in [-0.2, -0.15) is 3.89 Å². The van der Waals surface area contributed by atoms with E-state index in [-0.39, 0.29) is 24.5 Å². The molecular formula is C19H26FN3O8S. The van der Waals surface area contributed by atoms with Crippen molar-refractivity contribution >= 4 is 42.0 Å². The highest BCUT2D eigenvalue weighted by Crippen LogP contribution is 2.18. The molecule has 11 nitrogen and oxygen atoms in total. The van der Waals surface area contributed by atoms with Crippen molar-refractivity contribution < 1.29 is 43.2 Å². The first-order chi connectivity index (χ1) is 15.1. The van der Waals surface area contributed by atoms with E-state index in [1.165, 1.54) is 0 Å². The third-order valence-corrected chi connectivity index (χ3v) is 4.12. The van der Waals surface area contributed by atoms with Crippen LogP contribution in [0.2, 0.25) is 0 Å². The molecule has 0 spiro atoms. The van der Waals surface area contributed by atoms with Crippen molar-refractivity contribution in [1.29, 1.82) is 0 Å². The molecule has 1 rings (SSSR count). The van der Waals surface area contributed by atoms with Crippen LogP contribution in [0.5, 0.6) is 0 Å². The van der Waals surface area contributed by atoms with Crippen molar-refractivity contribution in [3.8, 4) is 0 Å². The SMILES string of the molecule is CCCCNC(=O)c1ccc(SF)cc1.O=C(O)CCC(NC(=O)NCC(=O)O)C(=O)O. The zero-order valence-corrected chi connectivity index (χ0v) is 18.1. The number of carbonyl (C=O) groups excluding carboxylic acids is 2. The third-order valence-electron chi connectivity index (χ3n) is 3.67. The minimum absolute atomic E-state index is 0.0983. The Bertz CT molecular complexity index is 776. The van der Waals surface area contributed by atoms with Gasteiger partial charge in [0.15, 0.2) is 0 Å². The van der Waals surface area contributed by atoms with Crippen molar-refractivity contribution in [2.24, 2.45) is 0 Å². The summed E-state index contributed by atoms with van der Waals surface area (Å²) in [6, 6.07) is 4.09. The molecule has 3 amide bonds. The molecule has 1 aromatic carbocycles. The van der Waals surface area contributed by atoms with E-state index in [4.69, 9.17) is 15.3 Å². The average Bonchev–Trinajstić information content (AvgIpc) is 2.75. The molecule has 0 aliphatic rings. The molecule has 1 atom stereocenters. The van der Waals surface area contributed by atoms with Gasteiger partial charge in [0.05, 0.1) is 12.1 Å². The second kappa shape index (κ2) is 16.4. The molecule has 178 valence electrons. The number of carbonyl (C=O) groups is 5. The minimum Gasteiger partial charge on any atom is -0.481 e. The van der Waals surface area contributed by atoms with Gasteiger partial charge in [-0.3, -0.25) is 14.4 Å². The predicted octanol–water partition coefficient (Wildman–Crippen LogP) is 1.88. The molecule has 13 heteroatoms. The van der Waals surface area contributed by atoms with E-state index in [2.05, 4.69) is 12.2 Å². The monoisotopic (exact) mass is 475 g/mol. The maximum absolute atomic E-state index is 12.1. The Morgan fingerprint density at radius 2 is 1.62 bits per heavy atom. The van der Waals surface area contributed by atoms with Crippen LogP contribution in [-0.2, 0) is 14.4 Å². The smallest absolute Gasteiger partial charge is 0.326 e. The fourth-order valence-corrected chi connectivity index (χ4v) is 2.27. The Morgan fingerprint density at radius 1 is 1.00 bits per heavy atom. The van der Waals surface area contributed by atoms with Crippen molar-refractivity contribution in [1.82, 2.24) is 16.0 Å². The van der Waals surface area contributed by atoms with Gasteiger partial charge in [0.25, 0.3) is 5.91 Å². The highest BCUT2D eigenvalue weighted by molar-refractivity contribution is 7.94. The van der Waals surface area contributed by atoms with Gasteiger partial charge in [0.2, 0.25) is 0 Å². The Balaban J connectivity index is 0.000000604. The summed E-state index contributed by atoms with van der Waals surface area (Å²) in [6.07, 6.45) is 1.32. The van der Waals surface area contributed by atoms with Crippen LogP contribution in [0.15, 0.2) is 29.2 Å². The highest BCUT2D eigenvalue weighted by Gasteiger charge is 2.20. The van der Waals surface area contributed by atoms with E-state index in [1.807, 2.05) is 10.6 Å². The number of amides is 3. The molecule has 0 aliphatic carbocycles. The van der Waals surface area contributed by atoms with Crippen LogP contribution in [0, 0.1) is 0 Å². The largest absolute Gasteiger partial charge is 0.481 e. The van der Waals surface area contributed by atoms with Gasteiger partial charge in [-0.25, -0.2) is 9.59 Å². The van der Waals surface area contributed by atoms with Crippen LogP contribution < -0.4 is 16.0 Å². The molecule has 1 unspecified atom stereocenters. The number of urea groups is 1. The number of hydrogen-bond acceptors (Lipinski definition) is 6. The molecule has 0 bridgehead atoms. The van der Waals surface area contributed by atoms with Crippen molar-refractivity contribution in [3.63, 3.8) is 0 Å². The lowest BCUT2D eigenvalue weighted by atomic mass is 10.1. The second-order valence-corrected chi connectivity index (χ2v) is 6.88. The van der Waals surface area contributed by atoms with Gasteiger partial charge in [-0.15, -0.1) is 0 Å². The lowest BCUT2D eigenvalue weighted by Gasteiger charge is -2.13. The lowest BCUT2D eigenvalue weighted by Crippen LogP contribution is -2.47. The van der Waals surface area contributed by atoms with Gasteiger partial charge in [-0.05, 0) is 37.1 Å². The topological polar surface area (TPSA) is 182 Å². The first-order valence-corrected chi connectivity index (χ1v) is 10.2. The minimum atomic E-state index is -1.39. The molecule has 6 N–H and O–H groups in total. The van der Waals surface area contributed by atoms with E-state index in [0.717, 1.165) is 12.8 Å². The van der Waals surface area contributed by atoms with E-state index in [1.54, 1.807) is 24.3 Å². The van der Waals surface area contributed by atoms with Crippen molar-refractivity contribution in [2.75, 3.05) is 13.1 Å². The molecule has 1 aromatic rings. The van der Waals surface area contributed by atoms with E-state index in [9.17, 15) is 27.9 Å². The van der Waals surface area contributed by atoms with Crippen molar-refractivity contribution in [2.45, 2.75) is 43.5 Å². The Morgan fingerprint density at radius 3 is 2.09 bits per heavy atom. The van der Waals surface area contributed by atoms with Crippen LogP contribution in [0.3, 0.4) is 0 Å². The van der Waals surface area contributed by atoms with Crippen LogP contribution >= 0.6 is 12.1 Å². The molecule has 0 saturated carbocycles. The summed E-state index contributed by atoms with van der Waals surface area (Å²) in [6.45, 7) is 2.10. The number of nitrogens with one attached hydrogen (secondary N) is 3. The number of rotatable bonds is 12. The number of halogens is 1. The number of benzene rings is 1. The van der Waals surface area contributed by atoms with E-state index in [0.29, 0.717) is 17.0 Å². The van der Waals surface area contributed by atoms with Gasteiger partial charge in [0, 0.05) is 23.4 Å². The molecule has 0 saturated heterocycles. The second-order valence-electron chi connectivity index (χ2n) is 6.25. The summed E-state index contributed by atoms with van der Waals surface area (Å²) in [5.41, 5.74) is 0.573. The number of carboxylic acids is 3. The summed E-state index contributed by atoms with van der Waals surface area (Å²) in [7, 11) is 0. The molecule has 0 heterocycles. The maximum Gasteiger partial charge on any atom is 0.326 e. The van der Waals surface area contributed by atoms with Gasteiger partial charge < -0.3 is 31.3 Å². The van der Waals surface area contributed by atoms with Gasteiger partial charge in [0.1, 0.15) is 12.6 Å². The van der Waals surface area contributed by atoms with Gasteiger partial charge in [-0.1, -0.05) is 13.3 Å². The van der Waals surface area contributed by atoms with Crippen LogP contribution in [0.4, 0.5) is 8.68 Å². The zero-order valence-electron chi connectivity index (χ0n) is 17.3. The molecule has 0 aliphatic heterocycles. The molecule has 0 fully saturated rings. The summed E-state index contributed by atoms with van der Waals surface area (Å²) in [5, 5.41) is 31.9. The summed E-state index contributed by atoms with van der Waals surface area (Å²) in [4.78, 5) is 54.0. The molecule has 0 radical (unpaired) electrons. The fourth-order valence-electron chi connectivity index (χ4n) is 2.03. The average molecular weight is 475 g/mol. The lowest BCUT2D eigenvalue weighted by molar-refractivity contribution is -0.140. The Kier molecular flexibility index (Phi) is 14.6. The Hall–Kier alpha value is -3.35. The third kappa shape index (κ3) is 13.8. The quantitative estimate of drug-likeness (QED) is 0.246. The standard InChI is InChI=1S/C11H14FNOS.C8H12N2O7/c1-2-3-8-13-11(14)9-4-6-10(15-12)7-5-9;11-5(12)2-1-4(7(15)16)10-8(17)9-3-6(13)14/h4-7H,2-3,8H2,1H3,(H,13,14);4H,1-3H2,(H,11,12)(H,13,14)(H,15,16)(H2,9,10,17). The van der Waals surface area contributed by atoms with Crippen LogP contribution in [0.1, 0.15) is 43.0 Å². The van der Waals surface area contributed by atoms with Crippen LogP contribution in [0.25, 0.3) is 0 Å². The first-order valence-electron chi connectivity index (χ1n) is 9.48. The number of hydrogen-bond donors (Lipinski definition) is 6. The van der Waals surface area contributed by atoms with Gasteiger partial charge >= 0.3 is 23.9 Å².